The topological polar surface area (TPSA) is 68.7 Å². The Kier molecular flexibility index (Phi) is 4.91. The Balaban J connectivity index is 1.29. The van der Waals surface area contributed by atoms with Crippen LogP contribution in [0, 0.1) is 0 Å². The van der Waals surface area contributed by atoms with Crippen molar-refractivity contribution in [3.63, 3.8) is 0 Å². The van der Waals surface area contributed by atoms with Gasteiger partial charge in [0.25, 0.3) is 0 Å². The molecule has 0 atom stereocenters. The molecule has 3 heterocycles. The monoisotopic (exact) mass is 424 g/mol. The number of hydrogen-bond acceptors (Lipinski definition) is 6. The predicted octanol–water partition coefficient (Wildman–Crippen LogP) is 4.81. The molecule has 3 aromatic rings. The van der Waals surface area contributed by atoms with E-state index in [0.717, 1.165) is 47.3 Å². The summed E-state index contributed by atoms with van der Waals surface area (Å²) in [5.74, 6) is 0. The van der Waals surface area contributed by atoms with Gasteiger partial charge in [-0.3, -0.25) is 4.90 Å². The smallest absolute Gasteiger partial charge is 0.407 e. The lowest BCUT2D eigenvalue weighted by atomic mass is 10.1. The van der Waals surface area contributed by atoms with Crippen LogP contribution in [0.25, 0.3) is 11.3 Å². The number of amides is 1. The van der Waals surface area contributed by atoms with E-state index in [-0.39, 0.29) is 0 Å². The predicted molar refractivity (Wildman–Crippen MR) is 116 cm³/mol. The summed E-state index contributed by atoms with van der Waals surface area (Å²) >= 11 is 3.45. The average molecular weight is 425 g/mol. The van der Waals surface area contributed by atoms with Crippen molar-refractivity contribution < 1.29 is 9.90 Å². The Bertz CT molecular complexity index is 1060. The first-order valence-electron chi connectivity index (χ1n) is 9.49. The van der Waals surface area contributed by atoms with Crippen molar-refractivity contribution in [2.75, 3.05) is 31.5 Å². The number of piperazine rings is 1. The van der Waals surface area contributed by atoms with Crippen LogP contribution in [-0.2, 0) is 6.54 Å². The van der Waals surface area contributed by atoms with E-state index >= 15 is 0 Å². The third kappa shape index (κ3) is 3.83. The number of thiazole rings is 1. The number of benzene rings is 2. The largest absolute Gasteiger partial charge is 0.465 e. The summed E-state index contributed by atoms with van der Waals surface area (Å²) in [4.78, 5) is 22.1. The lowest BCUT2D eigenvalue weighted by Gasteiger charge is -2.32. The minimum Gasteiger partial charge on any atom is -0.465 e. The van der Waals surface area contributed by atoms with E-state index in [2.05, 4.69) is 52.0 Å². The molecule has 2 aliphatic heterocycles. The summed E-state index contributed by atoms with van der Waals surface area (Å²) in [5, 5.41) is 15.8. The van der Waals surface area contributed by atoms with E-state index in [1.807, 2.05) is 6.07 Å². The molecule has 2 N–H and O–H groups in total. The maximum absolute atomic E-state index is 11.0. The molecule has 2 aliphatic rings. The fraction of sp³-hybridized carbons (Fsp3) is 0.238. The van der Waals surface area contributed by atoms with E-state index in [1.54, 1.807) is 23.1 Å². The first-order valence-corrected chi connectivity index (χ1v) is 11.2. The molecule has 6 nitrogen and oxygen atoms in total. The molecule has 0 aliphatic carbocycles. The van der Waals surface area contributed by atoms with Gasteiger partial charge in [0.05, 0.1) is 23.6 Å². The van der Waals surface area contributed by atoms with Crippen LogP contribution < -0.4 is 5.32 Å². The normalized spacial score (nSPS) is 16.1. The molecule has 1 amide bonds. The Morgan fingerprint density at radius 1 is 1.07 bits per heavy atom. The molecule has 148 valence electrons. The number of carbonyl (C=O) groups is 1. The first kappa shape index (κ1) is 18.5. The fourth-order valence-corrected chi connectivity index (χ4v) is 5.42. The maximum atomic E-state index is 11.0. The average Bonchev–Trinajstić information content (AvgIpc) is 3.20. The molecule has 1 fully saturated rings. The minimum atomic E-state index is -0.831. The van der Waals surface area contributed by atoms with E-state index in [9.17, 15) is 4.79 Å². The number of nitrogens with one attached hydrogen (secondary N) is 1. The molecule has 5 rings (SSSR count). The molecule has 0 spiro atoms. The SMILES string of the molecule is O=C(O)N1CCN(Cc2nc(-c3ccc4c(c3)Nc3ccccc3S4)cs2)CC1. The van der Waals surface area contributed by atoms with Gasteiger partial charge in [0.2, 0.25) is 0 Å². The third-order valence-electron chi connectivity index (χ3n) is 5.21. The highest BCUT2D eigenvalue weighted by molar-refractivity contribution is 7.99. The third-order valence-corrected chi connectivity index (χ3v) is 7.19. The molecule has 0 saturated carbocycles. The van der Waals surface area contributed by atoms with Gasteiger partial charge in [0.15, 0.2) is 0 Å². The first-order chi connectivity index (χ1) is 14.2. The second-order valence-electron chi connectivity index (χ2n) is 7.11. The van der Waals surface area contributed by atoms with Crippen LogP contribution in [0.2, 0.25) is 0 Å². The summed E-state index contributed by atoms with van der Waals surface area (Å²) in [5.41, 5.74) is 4.35. The zero-order chi connectivity index (χ0) is 19.8. The maximum Gasteiger partial charge on any atom is 0.407 e. The van der Waals surface area contributed by atoms with Crippen molar-refractivity contribution in [3.05, 3.63) is 52.9 Å². The van der Waals surface area contributed by atoms with Crippen LogP contribution in [0.5, 0.6) is 0 Å². The quantitative estimate of drug-likeness (QED) is 0.492. The van der Waals surface area contributed by atoms with Gasteiger partial charge in [-0.2, -0.15) is 0 Å². The van der Waals surface area contributed by atoms with Crippen LogP contribution in [0.4, 0.5) is 16.2 Å². The zero-order valence-corrected chi connectivity index (χ0v) is 17.3. The number of carboxylic acid groups (broad SMARTS) is 1. The van der Waals surface area contributed by atoms with Gasteiger partial charge in [0.1, 0.15) is 5.01 Å². The summed E-state index contributed by atoms with van der Waals surface area (Å²) in [6.07, 6.45) is -0.831. The number of rotatable bonds is 3. The summed E-state index contributed by atoms with van der Waals surface area (Å²) in [7, 11) is 0. The number of anilines is 2. The van der Waals surface area contributed by atoms with E-state index in [0.29, 0.717) is 13.1 Å². The Morgan fingerprint density at radius 3 is 2.69 bits per heavy atom. The number of fused-ring (bicyclic) bond motifs is 2. The highest BCUT2D eigenvalue weighted by Crippen LogP contribution is 2.45. The Hall–Kier alpha value is -2.55. The second kappa shape index (κ2) is 7.70. The van der Waals surface area contributed by atoms with Gasteiger partial charge in [-0.15, -0.1) is 11.3 Å². The molecule has 0 radical (unpaired) electrons. The molecule has 8 heteroatoms. The lowest BCUT2D eigenvalue weighted by Crippen LogP contribution is -2.47. The highest BCUT2D eigenvalue weighted by atomic mass is 32.2. The van der Waals surface area contributed by atoms with E-state index in [1.165, 1.54) is 14.7 Å². The van der Waals surface area contributed by atoms with Gasteiger partial charge in [-0.1, -0.05) is 30.0 Å². The van der Waals surface area contributed by atoms with Crippen LogP contribution in [0.1, 0.15) is 5.01 Å². The molecule has 0 bridgehead atoms. The van der Waals surface area contributed by atoms with E-state index < -0.39 is 6.09 Å². The zero-order valence-electron chi connectivity index (χ0n) is 15.7. The van der Waals surface area contributed by atoms with Crippen LogP contribution >= 0.6 is 23.1 Å². The van der Waals surface area contributed by atoms with Gasteiger partial charge < -0.3 is 15.3 Å². The van der Waals surface area contributed by atoms with Gasteiger partial charge in [0, 0.05) is 46.9 Å². The van der Waals surface area contributed by atoms with Crippen LogP contribution in [-0.4, -0.2) is 52.2 Å². The van der Waals surface area contributed by atoms with Crippen molar-refractivity contribution in [1.82, 2.24) is 14.8 Å². The lowest BCUT2D eigenvalue weighted by molar-refractivity contribution is 0.103. The summed E-state index contributed by atoms with van der Waals surface area (Å²) < 4.78 is 0. The van der Waals surface area contributed by atoms with Gasteiger partial charge >= 0.3 is 6.09 Å². The van der Waals surface area contributed by atoms with Crippen LogP contribution in [0.15, 0.2) is 57.6 Å². The highest BCUT2D eigenvalue weighted by Gasteiger charge is 2.21. The molecule has 0 unspecified atom stereocenters. The molecular weight excluding hydrogens is 404 g/mol. The van der Waals surface area contributed by atoms with Crippen molar-refractivity contribution in [2.45, 2.75) is 16.3 Å². The van der Waals surface area contributed by atoms with Crippen molar-refractivity contribution >= 4 is 40.6 Å². The fourth-order valence-electron chi connectivity index (χ4n) is 3.60. The number of nitrogens with zero attached hydrogens (tertiary/aromatic N) is 3. The van der Waals surface area contributed by atoms with Crippen molar-refractivity contribution in [3.8, 4) is 11.3 Å². The minimum absolute atomic E-state index is 0.559. The van der Waals surface area contributed by atoms with Crippen molar-refractivity contribution in [2.24, 2.45) is 0 Å². The summed E-state index contributed by atoms with van der Waals surface area (Å²) in [6, 6.07) is 14.8. The van der Waals surface area contributed by atoms with Gasteiger partial charge in [-0.05, 0) is 24.3 Å². The Labute approximate surface area is 177 Å². The molecule has 1 saturated heterocycles. The van der Waals surface area contributed by atoms with Crippen molar-refractivity contribution in [1.29, 1.82) is 0 Å². The number of aromatic nitrogens is 1. The summed E-state index contributed by atoms with van der Waals surface area (Å²) in [6.45, 7) is 3.39. The number of hydrogen-bond donors (Lipinski definition) is 2. The standard InChI is InChI=1S/C21H20N4O2S2/c26-21(27)25-9-7-24(8-10-25)12-20-23-17(13-28-20)14-5-6-19-16(11-14)22-15-3-1-2-4-18(15)29-19/h1-6,11,13,22H,7-10,12H2,(H,26,27). The van der Waals surface area contributed by atoms with E-state index in [4.69, 9.17) is 10.1 Å². The van der Waals surface area contributed by atoms with Gasteiger partial charge in [-0.25, -0.2) is 9.78 Å². The number of para-hydroxylation sites is 1. The van der Waals surface area contributed by atoms with Crippen LogP contribution in [0.3, 0.4) is 0 Å². The second-order valence-corrected chi connectivity index (χ2v) is 9.13. The Morgan fingerprint density at radius 2 is 1.86 bits per heavy atom. The molecule has 2 aromatic carbocycles. The molecule has 29 heavy (non-hydrogen) atoms. The molecule has 1 aromatic heterocycles. The molecular formula is C21H20N4O2S2.